The number of amides is 2. The Balaban J connectivity index is 2.10. The zero-order valence-electron chi connectivity index (χ0n) is 12.1. The Hall–Kier alpha value is -1.98. The van der Waals surface area contributed by atoms with Crippen molar-refractivity contribution in [3.05, 3.63) is 17.5 Å². The maximum atomic E-state index is 12.3. The standard InChI is InChI=1S/C14H21N3O3/c1-8(2)17(7-10-4-5-10)14(20)16-11-6-9(3)15-12(11)13(18)19/h6,8,10,15H,4-5,7H2,1-3H3,(H,16,20)(H,18,19). The average molecular weight is 279 g/mol. The van der Waals surface area contributed by atoms with Crippen LogP contribution in [0.1, 0.15) is 42.9 Å². The van der Waals surface area contributed by atoms with Crippen molar-refractivity contribution in [2.45, 2.75) is 39.7 Å². The average Bonchev–Trinajstić information content (AvgIpc) is 3.08. The molecule has 0 spiro atoms. The van der Waals surface area contributed by atoms with Crippen molar-refractivity contribution < 1.29 is 14.7 Å². The molecule has 2 rings (SSSR count). The minimum atomic E-state index is -1.08. The molecule has 110 valence electrons. The number of H-pyrrole nitrogens is 1. The number of carboxylic acid groups (broad SMARTS) is 1. The third-order valence-electron chi connectivity index (χ3n) is 3.44. The number of hydrogen-bond donors (Lipinski definition) is 3. The van der Waals surface area contributed by atoms with Gasteiger partial charge < -0.3 is 20.3 Å². The van der Waals surface area contributed by atoms with Gasteiger partial charge in [0, 0.05) is 18.3 Å². The van der Waals surface area contributed by atoms with E-state index in [2.05, 4.69) is 10.3 Å². The number of carbonyl (C=O) groups excluding carboxylic acids is 1. The summed E-state index contributed by atoms with van der Waals surface area (Å²) in [5.74, 6) is -0.484. The molecule has 6 nitrogen and oxygen atoms in total. The minimum Gasteiger partial charge on any atom is -0.477 e. The lowest BCUT2D eigenvalue weighted by Gasteiger charge is -2.26. The van der Waals surface area contributed by atoms with E-state index in [0.717, 1.165) is 6.54 Å². The number of aryl methyl sites for hydroxylation is 1. The van der Waals surface area contributed by atoms with E-state index in [-0.39, 0.29) is 17.8 Å². The van der Waals surface area contributed by atoms with Crippen LogP contribution in [-0.4, -0.2) is 39.6 Å². The molecule has 0 aliphatic heterocycles. The number of anilines is 1. The highest BCUT2D eigenvalue weighted by Gasteiger charge is 2.29. The van der Waals surface area contributed by atoms with E-state index in [9.17, 15) is 9.59 Å². The summed E-state index contributed by atoms with van der Waals surface area (Å²) in [6.07, 6.45) is 2.33. The smallest absolute Gasteiger partial charge is 0.354 e. The second kappa shape index (κ2) is 5.56. The molecule has 0 unspecified atom stereocenters. The summed E-state index contributed by atoms with van der Waals surface area (Å²) in [7, 11) is 0. The van der Waals surface area contributed by atoms with Crippen molar-refractivity contribution >= 4 is 17.7 Å². The van der Waals surface area contributed by atoms with Crippen LogP contribution in [0.25, 0.3) is 0 Å². The Labute approximate surface area is 118 Å². The third-order valence-corrected chi connectivity index (χ3v) is 3.44. The van der Waals surface area contributed by atoms with E-state index >= 15 is 0 Å². The molecular weight excluding hydrogens is 258 g/mol. The normalized spacial score (nSPS) is 14.4. The molecule has 1 aromatic heterocycles. The number of carboxylic acids is 1. The molecule has 1 aliphatic carbocycles. The second-order valence-corrected chi connectivity index (χ2v) is 5.67. The fourth-order valence-corrected chi connectivity index (χ4v) is 2.15. The molecule has 0 atom stereocenters. The Morgan fingerprint density at radius 2 is 2.15 bits per heavy atom. The Kier molecular flexibility index (Phi) is 4.01. The predicted molar refractivity (Wildman–Crippen MR) is 76.1 cm³/mol. The molecule has 0 radical (unpaired) electrons. The van der Waals surface area contributed by atoms with Crippen LogP contribution in [0.5, 0.6) is 0 Å². The van der Waals surface area contributed by atoms with Crippen LogP contribution < -0.4 is 5.32 Å². The Morgan fingerprint density at radius 1 is 1.50 bits per heavy atom. The second-order valence-electron chi connectivity index (χ2n) is 5.67. The summed E-state index contributed by atoms with van der Waals surface area (Å²) in [6, 6.07) is 1.48. The van der Waals surface area contributed by atoms with E-state index in [1.165, 1.54) is 12.8 Å². The number of nitrogens with one attached hydrogen (secondary N) is 2. The largest absolute Gasteiger partial charge is 0.477 e. The SMILES string of the molecule is Cc1cc(NC(=O)N(CC2CC2)C(C)C)c(C(=O)O)[nH]1. The van der Waals surface area contributed by atoms with Gasteiger partial charge in [0.2, 0.25) is 0 Å². The lowest BCUT2D eigenvalue weighted by Crippen LogP contribution is -2.41. The topological polar surface area (TPSA) is 85.4 Å². The Bertz CT molecular complexity index is 518. The van der Waals surface area contributed by atoms with Gasteiger partial charge in [-0.1, -0.05) is 0 Å². The summed E-state index contributed by atoms with van der Waals surface area (Å²) in [5, 5.41) is 11.8. The molecule has 1 saturated carbocycles. The van der Waals surface area contributed by atoms with E-state index in [1.807, 2.05) is 13.8 Å². The number of aromatic carboxylic acids is 1. The fraction of sp³-hybridized carbons (Fsp3) is 0.571. The van der Waals surface area contributed by atoms with Crippen molar-refractivity contribution in [2.24, 2.45) is 5.92 Å². The predicted octanol–water partition coefficient (Wildman–Crippen LogP) is 2.67. The molecule has 20 heavy (non-hydrogen) atoms. The van der Waals surface area contributed by atoms with Gasteiger partial charge in [-0.15, -0.1) is 0 Å². The number of rotatable bonds is 5. The first-order chi connectivity index (χ1) is 9.38. The van der Waals surface area contributed by atoms with Gasteiger partial charge in [0.25, 0.3) is 0 Å². The zero-order valence-corrected chi connectivity index (χ0v) is 12.1. The molecule has 0 saturated heterocycles. The highest BCUT2D eigenvalue weighted by molar-refractivity contribution is 5.99. The molecule has 1 aliphatic rings. The first-order valence-corrected chi connectivity index (χ1v) is 6.89. The van der Waals surface area contributed by atoms with Crippen LogP contribution in [0.3, 0.4) is 0 Å². The summed E-state index contributed by atoms with van der Waals surface area (Å²) >= 11 is 0. The molecule has 6 heteroatoms. The lowest BCUT2D eigenvalue weighted by atomic mass is 10.3. The number of urea groups is 1. The van der Waals surface area contributed by atoms with Gasteiger partial charge in [0.05, 0.1) is 5.69 Å². The minimum absolute atomic E-state index is 0.0194. The first kappa shape index (κ1) is 14.4. The molecule has 0 bridgehead atoms. The quantitative estimate of drug-likeness (QED) is 0.774. The van der Waals surface area contributed by atoms with Crippen molar-refractivity contribution in [3.8, 4) is 0 Å². The highest BCUT2D eigenvalue weighted by Crippen LogP contribution is 2.30. The number of hydrogen-bond acceptors (Lipinski definition) is 2. The van der Waals surface area contributed by atoms with Crippen LogP contribution in [0, 0.1) is 12.8 Å². The van der Waals surface area contributed by atoms with Gasteiger partial charge >= 0.3 is 12.0 Å². The van der Waals surface area contributed by atoms with E-state index in [0.29, 0.717) is 17.3 Å². The molecule has 1 heterocycles. The van der Waals surface area contributed by atoms with Crippen LogP contribution in [0.4, 0.5) is 10.5 Å². The van der Waals surface area contributed by atoms with Crippen molar-refractivity contribution in [1.82, 2.24) is 9.88 Å². The van der Waals surface area contributed by atoms with Crippen molar-refractivity contribution in [3.63, 3.8) is 0 Å². The van der Waals surface area contributed by atoms with Gasteiger partial charge in [-0.05, 0) is 45.6 Å². The summed E-state index contributed by atoms with van der Waals surface area (Å²) in [4.78, 5) is 27.9. The maximum Gasteiger partial charge on any atom is 0.354 e. The van der Waals surface area contributed by atoms with Crippen LogP contribution in [0.15, 0.2) is 6.07 Å². The third kappa shape index (κ3) is 3.31. The fourth-order valence-electron chi connectivity index (χ4n) is 2.15. The zero-order chi connectivity index (χ0) is 14.9. The summed E-state index contributed by atoms with van der Waals surface area (Å²) < 4.78 is 0. The van der Waals surface area contributed by atoms with Gasteiger partial charge in [0.1, 0.15) is 5.69 Å². The monoisotopic (exact) mass is 279 g/mol. The molecule has 1 fully saturated rings. The van der Waals surface area contributed by atoms with Gasteiger partial charge in [-0.3, -0.25) is 0 Å². The van der Waals surface area contributed by atoms with Crippen molar-refractivity contribution in [1.29, 1.82) is 0 Å². The van der Waals surface area contributed by atoms with Crippen LogP contribution in [0.2, 0.25) is 0 Å². The van der Waals surface area contributed by atoms with Crippen molar-refractivity contribution in [2.75, 3.05) is 11.9 Å². The lowest BCUT2D eigenvalue weighted by molar-refractivity contribution is 0.0692. The maximum absolute atomic E-state index is 12.3. The van der Waals surface area contributed by atoms with Gasteiger partial charge in [0.15, 0.2) is 0 Å². The highest BCUT2D eigenvalue weighted by atomic mass is 16.4. The molecule has 2 amide bonds. The molecule has 3 N–H and O–H groups in total. The molecular formula is C14H21N3O3. The molecule has 1 aromatic rings. The number of carbonyl (C=O) groups is 2. The van der Waals surface area contributed by atoms with E-state index < -0.39 is 5.97 Å². The number of nitrogens with zero attached hydrogens (tertiary/aromatic N) is 1. The summed E-state index contributed by atoms with van der Waals surface area (Å²) in [5.41, 5.74) is 1.04. The van der Waals surface area contributed by atoms with E-state index in [1.54, 1.807) is 17.9 Å². The van der Waals surface area contributed by atoms with E-state index in [4.69, 9.17) is 5.11 Å². The van der Waals surface area contributed by atoms with Gasteiger partial charge in [-0.25, -0.2) is 9.59 Å². The Morgan fingerprint density at radius 3 is 2.65 bits per heavy atom. The van der Waals surface area contributed by atoms with Crippen LogP contribution >= 0.6 is 0 Å². The first-order valence-electron chi connectivity index (χ1n) is 6.89. The number of aromatic amines is 1. The summed E-state index contributed by atoms with van der Waals surface area (Å²) in [6.45, 7) is 6.41. The number of aromatic nitrogens is 1. The molecule has 0 aromatic carbocycles. The van der Waals surface area contributed by atoms with Gasteiger partial charge in [-0.2, -0.15) is 0 Å². The van der Waals surface area contributed by atoms with Crippen LogP contribution in [-0.2, 0) is 0 Å².